The summed E-state index contributed by atoms with van der Waals surface area (Å²) in [7, 11) is 1.37. The molecule has 3 heteroatoms. The number of methoxy groups -OCH3 is 1. The monoisotopic (exact) mass is 187 g/mol. The molecule has 0 spiro atoms. The van der Waals surface area contributed by atoms with Gasteiger partial charge in [0.1, 0.15) is 0 Å². The third-order valence-corrected chi connectivity index (χ3v) is 2.06. The molecule has 0 aliphatic carbocycles. The van der Waals surface area contributed by atoms with Crippen LogP contribution in [0.5, 0.6) is 0 Å². The molecule has 1 aromatic carbocycles. The van der Waals surface area contributed by atoms with E-state index < -0.39 is 0 Å². The van der Waals surface area contributed by atoms with Crippen molar-refractivity contribution in [2.24, 2.45) is 0 Å². The molecule has 0 unspecified atom stereocenters. The molecule has 0 aliphatic heterocycles. The summed E-state index contributed by atoms with van der Waals surface area (Å²) >= 11 is 0. The summed E-state index contributed by atoms with van der Waals surface area (Å²) in [6.45, 7) is 0. The number of rotatable bonds is 1. The van der Waals surface area contributed by atoms with Crippen molar-refractivity contribution in [3.63, 3.8) is 0 Å². The van der Waals surface area contributed by atoms with Gasteiger partial charge in [0.25, 0.3) is 0 Å². The van der Waals surface area contributed by atoms with Crippen LogP contribution < -0.4 is 0 Å². The van der Waals surface area contributed by atoms with Crippen molar-refractivity contribution in [3.8, 4) is 0 Å². The molecule has 2 aromatic rings. The number of carbonyl (C=O) groups is 1. The van der Waals surface area contributed by atoms with Crippen LogP contribution in [-0.4, -0.2) is 18.1 Å². The van der Waals surface area contributed by atoms with Gasteiger partial charge in [-0.2, -0.15) is 0 Å². The van der Waals surface area contributed by atoms with Crippen molar-refractivity contribution >= 4 is 16.7 Å². The molecule has 0 saturated carbocycles. The maximum atomic E-state index is 11.2. The fourth-order valence-corrected chi connectivity index (χ4v) is 1.33. The van der Waals surface area contributed by atoms with E-state index in [0.717, 1.165) is 10.8 Å². The first kappa shape index (κ1) is 8.69. The molecular formula is C11H9NO2. The van der Waals surface area contributed by atoms with Crippen LogP contribution in [0.15, 0.2) is 36.7 Å². The Hall–Kier alpha value is -1.90. The second-order valence-electron chi connectivity index (χ2n) is 2.93. The lowest BCUT2D eigenvalue weighted by molar-refractivity contribution is 0.0601. The normalized spacial score (nSPS) is 10.1. The van der Waals surface area contributed by atoms with Crippen LogP contribution >= 0.6 is 0 Å². The summed E-state index contributed by atoms with van der Waals surface area (Å²) in [5.74, 6) is -0.323. The second-order valence-corrected chi connectivity index (χ2v) is 2.93. The Morgan fingerprint density at radius 3 is 2.93 bits per heavy atom. The summed E-state index contributed by atoms with van der Waals surface area (Å²) in [4.78, 5) is 15.2. The zero-order valence-corrected chi connectivity index (χ0v) is 7.73. The standard InChI is InChI=1S/C11H9NO2/c1-14-11(13)9-3-2-8-4-5-12-7-10(8)6-9/h2-7H,1H3. The van der Waals surface area contributed by atoms with Gasteiger partial charge in [-0.1, -0.05) is 6.07 Å². The van der Waals surface area contributed by atoms with Gasteiger partial charge in [-0.3, -0.25) is 4.98 Å². The van der Waals surface area contributed by atoms with Crippen molar-refractivity contribution in [2.45, 2.75) is 0 Å². The summed E-state index contributed by atoms with van der Waals surface area (Å²) in [6, 6.07) is 7.29. The molecule has 3 nitrogen and oxygen atoms in total. The highest BCUT2D eigenvalue weighted by Gasteiger charge is 2.04. The minimum atomic E-state index is -0.323. The van der Waals surface area contributed by atoms with Gasteiger partial charge >= 0.3 is 5.97 Å². The SMILES string of the molecule is COC(=O)c1ccc2ccncc2c1. The van der Waals surface area contributed by atoms with E-state index in [-0.39, 0.29) is 5.97 Å². The van der Waals surface area contributed by atoms with Crippen LogP contribution in [0.25, 0.3) is 10.8 Å². The molecule has 2 rings (SSSR count). The number of carbonyl (C=O) groups excluding carboxylic acids is 1. The number of aromatic nitrogens is 1. The third-order valence-electron chi connectivity index (χ3n) is 2.06. The Kier molecular flexibility index (Phi) is 2.14. The first-order valence-electron chi connectivity index (χ1n) is 4.23. The van der Waals surface area contributed by atoms with E-state index in [1.54, 1.807) is 24.5 Å². The van der Waals surface area contributed by atoms with Gasteiger partial charge in [0, 0.05) is 17.8 Å². The molecule has 0 atom stereocenters. The number of benzene rings is 1. The average molecular weight is 187 g/mol. The van der Waals surface area contributed by atoms with Crippen LogP contribution in [0, 0.1) is 0 Å². The van der Waals surface area contributed by atoms with Crippen LogP contribution in [0.3, 0.4) is 0 Å². The minimum absolute atomic E-state index is 0.323. The number of esters is 1. The van der Waals surface area contributed by atoms with Gasteiger partial charge in [0.2, 0.25) is 0 Å². The Morgan fingerprint density at radius 1 is 1.29 bits per heavy atom. The number of hydrogen-bond acceptors (Lipinski definition) is 3. The molecule has 0 aliphatic rings. The molecule has 0 saturated heterocycles. The summed E-state index contributed by atoms with van der Waals surface area (Å²) in [5, 5.41) is 2.00. The number of ether oxygens (including phenoxy) is 1. The van der Waals surface area contributed by atoms with Crippen LogP contribution in [0.4, 0.5) is 0 Å². The van der Waals surface area contributed by atoms with E-state index in [2.05, 4.69) is 9.72 Å². The zero-order chi connectivity index (χ0) is 9.97. The molecule has 0 radical (unpaired) electrons. The van der Waals surface area contributed by atoms with Crippen LogP contribution in [0.1, 0.15) is 10.4 Å². The van der Waals surface area contributed by atoms with Gasteiger partial charge in [0.05, 0.1) is 12.7 Å². The summed E-state index contributed by atoms with van der Waals surface area (Å²) in [6.07, 6.45) is 3.45. The smallest absolute Gasteiger partial charge is 0.337 e. The quantitative estimate of drug-likeness (QED) is 0.641. The number of pyridine rings is 1. The van der Waals surface area contributed by atoms with E-state index in [1.807, 2.05) is 12.1 Å². The van der Waals surface area contributed by atoms with Crippen LogP contribution in [0.2, 0.25) is 0 Å². The largest absolute Gasteiger partial charge is 0.465 e. The first-order chi connectivity index (χ1) is 6.81. The predicted molar refractivity (Wildman–Crippen MR) is 53.1 cm³/mol. The third kappa shape index (κ3) is 1.44. The Labute approximate surface area is 81.3 Å². The molecule has 14 heavy (non-hydrogen) atoms. The first-order valence-corrected chi connectivity index (χ1v) is 4.23. The van der Waals surface area contributed by atoms with Crippen molar-refractivity contribution in [3.05, 3.63) is 42.2 Å². The second kappa shape index (κ2) is 3.46. The highest BCUT2D eigenvalue weighted by molar-refractivity contribution is 5.94. The topological polar surface area (TPSA) is 39.2 Å². The fourth-order valence-electron chi connectivity index (χ4n) is 1.33. The maximum Gasteiger partial charge on any atom is 0.337 e. The lowest BCUT2D eigenvalue weighted by Gasteiger charge is -2.00. The lowest BCUT2D eigenvalue weighted by atomic mass is 10.1. The van der Waals surface area contributed by atoms with Crippen molar-refractivity contribution < 1.29 is 9.53 Å². The van der Waals surface area contributed by atoms with Gasteiger partial charge in [-0.15, -0.1) is 0 Å². The Bertz CT molecular complexity index is 479. The summed E-state index contributed by atoms with van der Waals surface area (Å²) in [5.41, 5.74) is 0.549. The fraction of sp³-hybridized carbons (Fsp3) is 0.0909. The van der Waals surface area contributed by atoms with E-state index >= 15 is 0 Å². The van der Waals surface area contributed by atoms with Crippen molar-refractivity contribution in [1.82, 2.24) is 4.98 Å². The predicted octanol–water partition coefficient (Wildman–Crippen LogP) is 2.02. The van der Waals surface area contributed by atoms with E-state index in [0.29, 0.717) is 5.56 Å². The van der Waals surface area contributed by atoms with Crippen molar-refractivity contribution in [1.29, 1.82) is 0 Å². The van der Waals surface area contributed by atoms with Crippen LogP contribution in [-0.2, 0) is 4.74 Å². The maximum absolute atomic E-state index is 11.2. The van der Waals surface area contributed by atoms with Gasteiger partial charge in [0.15, 0.2) is 0 Å². The van der Waals surface area contributed by atoms with E-state index in [4.69, 9.17) is 0 Å². The number of fused-ring (bicyclic) bond motifs is 1. The minimum Gasteiger partial charge on any atom is -0.465 e. The highest BCUT2D eigenvalue weighted by atomic mass is 16.5. The highest BCUT2D eigenvalue weighted by Crippen LogP contribution is 2.14. The average Bonchev–Trinajstić information content (AvgIpc) is 2.27. The van der Waals surface area contributed by atoms with E-state index in [1.165, 1.54) is 7.11 Å². The van der Waals surface area contributed by atoms with Gasteiger partial charge in [-0.05, 0) is 23.6 Å². The summed E-state index contributed by atoms with van der Waals surface area (Å²) < 4.78 is 4.63. The molecule has 0 bridgehead atoms. The number of hydrogen-bond donors (Lipinski definition) is 0. The molecule has 1 aromatic heterocycles. The van der Waals surface area contributed by atoms with Crippen molar-refractivity contribution in [2.75, 3.05) is 7.11 Å². The molecule has 1 heterocycles. The van der Waals surface area contributed by atoms with E-state index in [9.17, 15) is 4.79 Å². The molecule has 0 amide bonds. The number of nitrogens with zero attached hydrogens (tertiary/aromatic N) is 1. The molecular weight excluding hydrogens is 178 g/mol. The van der Waals surface area contributed by atoms with Gasteiger partial charge < -0.3 is 4.74 Å². The lowest BCUT2D eigenvalue weighted by Crippen LogP contribution is -2.00. The molecule has 70 valence electrons. The Balaban J connectivity index is 2.56. The molecule has 0 N–H and O–H groups in total. The van der Waals surface area contributed by atoms with Gasteiger partial charge in [-0.25, -0.2) is 4.79 Å². The Morgan fingerprint density at radius 2 is 2.14 bits per heavy atom. The molecule has 0 fully saturated rings. The zero-order valence-electron chi connectivity index (χ0n) is 7.73.